The molecule has 2 N–H and O–H groups in total. The topological polar surface area (TPSA) is 62.3 Å². The van der Waals surface area contributed by atoms with Gasteiger partial charge in [-0.3, -0.25) is 0 Å². The third-order valence-corrected chi connectivity index (χ3v) is 5.17. The van der Waals surface area contributed by atoms with Gasteiger partial charge in [-0.2, -0.15) is 5.26 Å². The number of nitrogens with zero attached hydrogens (tertiary/aromatic N) is 2. The Morgan fingerprint density at radius 3 is 2.42 bits per heavy atom. The van der Waals surface area contributed by atoms with Crippen LogP contribution >= 0.6 is 23.2 Å². The molecule has 4 nitrogen and oxygen atoms in total. The number of hydrogen-bond donors (Lipinski definition) is 1. The largest absolute Gasteiger partial charge is 0.440 e. The molecule has 1 unspecified atom stereocenters. The molecule has 0 saturated heterocycles. The van der Waals surface area contributed by atoms with E-state index in [1.165, 1.54) is 0 Å². The van der Waals surface area contributed by atoms with E-state index < -0.39 is 0 Å². The van der Waals surface area contributed by atoms with Crippen LogP contribution in [-0.4, -0.2) is 13.1 Å². The molecule has 1 aliphatic rings. The molecule has 1 aliphatic heterocycles. The smallest absolute Gasteiger partial charge is 0.205 e. The summed E-state index contributed by atoms with van der Waals surface area (Å²) in [6.45, 7) is 5.97. The lowest BCUT2D eigenvalue weighted by Crippen LogP contribution is -2.24. The van der Waals surface area contributed by atoms with Gasteiger partial charge in [0, 0.05) is 40.5 Å². The van der Waals surface area contributed by atoms with Crippen molar-refractivity contribution < 1.29 is 4.74 Å². The summed E-state index contributed by atoms with van der Waals surface area (Å²) in [5.41, 5.74) is 9.08. The Morgan fingerprint density at radius 1 is 1.12 bits per heavy atom. The Bertz CT molecular complexity index is 914. The molecule has 0 spiro atoms. The van der Waals surface area contributed by atoms with Crippen LogP contribution < -0.4 is 15.4 Å². The maximum atomic E-state index is 9.64. The van der Waals surface area contributed by atoms with Crippen LogP contribution in [0.15, 0.2) is 47.9 Å². The summed E-state index contributed by atoms with van der Waals surface area (Å²) in [6, 6.07) is 13.4. The number of benzene rings is 2. The van der Waals surface area contributed by atoms with Crippen LogP contribution in [0.2, 0.25) is 10.0 Å². The number of ether oxygens (including phenoxy) is 1. The van der Waals surface area contributed by atoms with Gasteiger partial charge < -0.3 is 15.4 Å². The van der Waals surface area contributed by atoms with Gasteiger partial charge in [0.2, 0.25) is 5.88 Å². The molecule has 1 atom stereocenters. The van der Waals surface area contributed by atoms with Crippen LogP contribution in [0.3, 0.4) is 0 Å². The van der Waals surface area contributed by atoms with E-state index in [0.717, 1.165) is 29.9 Å². The third kappa shape index (κ3) is 3.21. The van der Waals surface area contributed by atoms with Crippen molar-refractivity contribution in [3.8, 4) is 11.8 Å². The summed E-state index contributed by atoms with van der Waals surface area (Å²) < 4.78 is 5.77. The summed E-state index contributed by atoms with van der Waals surface area (Å²) in [7, 11) is 0. The van der Waals surface area contributed by atoms with Crippen molar-refractivity contribution in [2.75, 3.05) is 18.0 Å². The maximum Gasteiger partial charge on any atom is 0.205 e. The minimum Gasteiger partial charge on any atom is -0.440 e. The zero-order chi connectivity index (χ0) is 18.8. The molecule has 0 amide bonds. The quantitative estimate of drug-likeness (QED) is 0.796. The second-order valence-corrected chi connectivity index (χ2v) is 6.83. The predicted molar refractivity (Wildman–Crippen MR) is 106 cm³/mol. The van der Waals surface area contributed by atoms with Crippen molar-refractivity contribution in [1.82, 2.24) is 0 Å². The number of anilines is 1. The normalized spacial score (nSPS) is 15.9. The number of allylic oxidation sites excluding steroid dienone is 1. The fourth-order valence-electron chi connectivity index (χ4n) is 3.28. The fraction of sp³-hybridized carbons (Fsp3) is 0.250. The number of nitrogens with two attached hydrogens (primary N) is 1. The molecule has 6 heteroatoms. The number of rotatable bonds is 4. The molecular formula is C20H19Cl2N3O. The predicted octanol–water partition coefficient (Wildman–Crippen LogP) is 5.06. The lowest BCUT2D eigenvalue weighted by atomic mass is 9.83. The lowest BCUT2D eigenvalue weighted by molar-refractivity contribution is 0.393. The molecular weight excluding hydrogens is 369 g/mol. The van der Waals surface area contributed by atoms with E-state index in [1.807, 2.05) is 24.3 Å². The zero-order valence-corrected chi connectivity index (χ0v) is 16.1. The SMILES string of the molecule is CCN(CC)c1ccc2c(c1)OC(N)=C(C#N)C2c1ccc(Cl)cc1Cl. The van der Waals surface area contributed by atoms with Gasteiger partial charge in [0.15, 0.2) is 0 Å². The molecule has 0 radical (unpaired) electrons. The second kappa shape index (κ2) is 7.49. The molecule has 0 saturated carbocycles. The highest BCUT2D eigenvalue weighted by atomic mass is 35.5. The molecule has 26 heavy (non-hydrogen) atoms. The van der Waals surface area contributed by atoms with Crippen molar-refractivity contribution in [1.29, 1.82) is 5.26 Å². The summed E-state index contributed by atoms with van der Waals surface area (Å²) >= 11 is 12.4. The van der Waals surface area contributed by atoms with E-state index in [2.05, 4.69) is 24.8 Å². The average Bonchev–Trinajstić information content (AvgIpc) is 2.62. The number of hydrogen-bond acceptors (Lipinski definition) is 4. The Labute approximate surface area is 163 Å². The molecule has 0 aromatic heterocycles. The van der Waals surface area contributed by atoms with Gasteiger partial charge in [-0.25, -0.2) is 0 Å². The number of nitriles is 1. The summed E-state index contributed by atoms with van der Waals surface area (Å²) in [5.74, 6) is 0.355. The number of halogens is 2. The van der Waals surface area contributed by atoms with Crippen LogP contribution in [0.4, 0.5) is 5.69 Å². The molecule has 2 aromatic rings. The molecule has 134 valence electrons. The highest BCUT2D eigenvalue weighted by Gasteiger charge is 2.32. The van der Waals surface area contributed by atoms with Crippen molar-refractivity contribution in [3.63, 3.8) is 0 Å². The highest BCUT2D eigenvalue weighted by Crippen LogP contribution is 2.45. The molecule has 3 rings (SSSR count). The minimum absolute atomic E-state index is 0.104. The van der Waals surface area contributed by atoms with Gasteiger partial charge in [0.25, 0.3) is 0 Å². The van der Waals surface area contributed by atoms with Crippen LogP contribution in [0, 0.1) is 11.3 Å². The molecule has 0 fully saturated rings. The van der Waals surface area contributed by atoms with Gasteiger partial charge in [-0.1, -0.05) is 35.3 Å². The van der Waals surface area contributed by atoms with Crippen LogP contribution in [0.1, 0.15) is 30.9 Å². The van der Waals surface area contributed by atoms with Gasteiger partial charge >= 0.3 is 0 Å². The Morgan fingerprint density at radius 2 is 1.81 bits per heavy atom. The van der Waals surface area contributed by atoms with Crippen molar-refractivity contribution in [2.45, 2.75) is 19.8 Å². The summed E-state index contributed by atoms with van der Waals surface area (Å²) in [5, 5.41) is 10.7. The van der Waals surface area contributed by atoms with Crippen molar-refractivity contribution in [3.05, 3.63) is 69.0 Å². The van der Waals surface area contributed by atoms with Gasteiger partial charge in [-0.15, -0.1) is 0 Å². The molecule has 0 bridgehead atoms. The van der Waals surface area contributed by atoms with Crippen LogP contribution in [0.25, 0.3) is 0 Å². The number of fused-ring (bicyclic) bond motifs is 1. The van der Waals surface area contributed by atoms with Crippen molar-refractivity contribution in [2.24, 2.45) is 5.73 Å². The maximum absolute atomic E-state index is 9.64. The van der Waals surface area contributed by atoms with E-state index in [1.54, 1.807) is 12.1 Å². The van der Waals surface area contributed by atoms with Crippen LogP contribution in [0.5, 0.6) is 5.75 Å². The van der Waals surface area contributed by atoms with E-state index >= 15 is 0 Å². The second-order valence-electron chi connectivity index (χ2n) is 5.99. The lowest BCUT2D eigenvalue weighted by Gasteiger charge is -2.29. The van der Waals surface area contributed by atoms with Crippen LogP contribution in [-0.2, 0) is 0 Å². The van der Waals surface area contributed by atoms with E-state index in [9.17, 15) is 5.26 Å². The summed E-state index contributed by atoms with van der Waals surface area (Å²) in [6.07, 6.45) is 0. The minimum atomic E-state index is -0.390. The average molecular weight is 388 g/mol. The Balaban J connectivity index is 2.17. The fourth-order valence-corrected chi connectivity index (χ4v) is 3.80. The molecule has 1 heterocycles. The van der Waals surface area contributed by atoms with Gasteiger partial charge in [-0.05, 0) is 37.6 Å². The summed E-state index contributed by atoms with van der Waals surface area (Å²) in [4.78, 5) is 2.22. The van der Waals surface area contributed by atoms with Crippen molar-refractivity contribution >= 4 is 28.9 Å². The first-order valence-electron chi connectivity index (χ1n) is 8.41. The first-order valence-corrected chi connectivity index (χ1v) is 9.17. The Kier molecular flexibility index (Phi) is 5.31. The molecule has 2 aromatic carbocycles. The van der Waals surface area contributed by atoms with E-state index in [4.69, 9.17) is 33.7 Å². The van der Waals surface area contributed by atoms with E-state index in [-0.39, 0.29) is 11.8 Å². The standard InChI is InChI=1S/C20H19Cl2N3O/c1-3-25(4-2)13-6-8-15-18(10-13)26-20(24)16(11-23)19(15)14-7-5-12(21)9-17(14)22/h5-10,19H,3-4,24H2,1-2H3. The van der Waals surface area contributed by atoms with Gasteiger partial charge in [0.05, 0.1) is 5.92 Å². The van der Waals surface area contributed by atoms with E-state index in [0.29, 0.717) is 21.4 Å². The first kappa shape index (κ1) is 18.4. The molecule has 0 aliphatic carbocycles. The highest BCUT2D eigenvalue weighted by molar-refractivity contribution is 6.35. The van der Waals surface area contributed by atoms with Gasteiger partial charge in [0.1, 0.15) is 17.4 Å². The zero-order valence-electron chi connectivity index (χ0n) is 14.6. The first-order chi connectivity index (χ1) is 12.5. The third-order valence-electron chi connectivity index (χ3n) is 4.60. The Hall–Kier alpha value is -2.35. The monoisotopic (exact) mass is 387 g/mol.